The molecule has 3 aromatic rings. The molecule has 40 heavy (non-hydrogen) atoms. The van der Waals surface area contributed by atoms with E-state index in [0.717, 1.165) is 22.5 Å². The standard InChI is InChI=1S/C31H30N4O4S/c1-21-28(30(37)39-19-22-10-4-3-5-11-22)29(25-13-6-7-14-26(25)38-2)35-24(20-40-31(35)34-21)18-27(36)33-17-15-23-12-8-9-16-32-23/h3-14,16,20,29H,15,17-19H2,1-2H3,(H,33,36). The van der Waals surface area contributed by atoms with Gasteiger partial charge in [0.1, 0.15) is 12.4 Å². The molecule has 1 unspecified atom stereocenters. The predicted molar refractivity (Wildman–Crippen MR) is 155 cm³/mol. The first kappa shape index (κ1) is 27.2. The minimum Gasteiger partial charge on any atom is -0.496 e. The van der Waals surface area contributed by atoms with Gasteiger partial charge in [-0.25, -0.2) is 9.79 Å². The first-order valence-electron chi connectivity index (χ1n) is 13.0. The van der Waals surface area contributed by atoms with E-state index >= 15 is 0 Å². The number of thioether (sulfide) groups is 1. The fourth-order valence-electron chi connectivity index (χ4n) is 4.72. The van der Waals surface area contributed by atoms with E-state index in [0.29, 0.717) is 35.2 Å². The Kier molecular flexibility index (Phi) is 8.61. The van der Waals surface area contributed by atoms with Crippen molar-refractivity contribution in [2.24, 2.45) is 4.99 Å². The number of nitrogens with zero attached hydrogens (tertiary/aromatic N) is 3. The average Bonchev–Trinajstić information content (AvgIpc) is 3.37. The Hall–Kier alpha value is -4.37. The van der Waals surface area contributed by atoms with Crippen LogP contribution in [0.3, 0.4) is 0 Å². The Morgan fingerprint density at radius 2 is 1.80 bits per heavy atom. The van der Waals surface area contributed by atoms with Crippen LogP contribution in [0.15, 0.2) is 106 Å². The van der Waals surface area contributed by atoms with Crippen molar-refractivity contribution in [1.29, 1.82) is 0 Å². The number of rotatable bonds is 10. The van der Waals surface area contributed by atoms with Gasteiger partial charge in [-0.05, 0) is 36.1 Å². The van der Waals surface area contributed by atoms with Crippen molar-refractivity contribution in [2.75, 3.05) is 13.7 Å². The number of nitrogens with one attached hydrogen (secondary N) is 1. The van der Waals surface area contributed by atoms with Crippen LogP contribution in [-0.4, -0.2) is 40.6 Å². The van der Waals surface area contributed by atoms with E-state index in [1.807, 2.05) is 90.0 Å². The zero-order valence-electron chi connectivity index (χ0n) is 22.4. The van der Waals surface area contributed by atoms with Gasteiger partial charge >= 0.3 is 5.97 Å². The first-order valence-corrected chi connectivity index (χ1v) is 13.9. The van der Waals surface area contributed by atoms with E-state index in [-0.39, 0.29) is 18.9 Å². The number of aromatic nitrogens is 1. The van der Waals surface area contributed by atoms with Gasteiger partial charge in [-0.3, -0.25) is 9.78 Å². The molecular formula is C31H30N4O4S. The van der Waals surface area contributed by atoms with Crippen LogP contribution in [0.4, 0.5) is 0 Å². The third kappa shape index (κ3) is 6.10. The fraction of sp³-hybridized carbons (Fsp3) is 0.226. The molecule has 0 radical (unpaired) electrons. The van der Waals surface area contributed by atoms with E-state index in [2.05, 4.69) is 10.3 Å². The van der Waals surface area contributed by atoms with E-state index in [9.17, 15) is 9.59 Å². The number of para-hydroxylation sites is 1. The monoisotopic (exact) mass is 554 g/mol. The van der Waals surface area contributed by atoms with Crippen molar-refractivity contribution in [3.63, 3.8) is 0 Å². The van der Waals surface area contributed by atoms with Crippen LogP contribution >= 0.6 is 11.8 Å². The lowest BCUT2D eigenvalue weighted by Crippen LogP contribution is -2.38. The lowest BCUT2D eigenvalue weighted by Gasteiger charge is -2.36. The number of hydrogen-bond acceptors (Lipinski definition) is 8. The fourth-order valence-corrected chi connectivity index (χ4v) is 5.69. The summed E-state index contributed by atoms with van der Waals surface area (Å²) in [7, 11) is 1.60. The van der Waals surface area contributed by atoms with Gasteiger partial charge in [0, 0.05) is 36.1 Å². The number of amides is 1. The molecule has 2 aliphatic rings. The molecule has 0 bridgehead atoms. The number of hydrogen-bond donors (Lipinski definition) is 1. The van der Waals surface area contributed by atoms with E-state index in [1.165, 1.54) is 11.8 Å². The van der Waals surface area contributed by atoms with Crippen LogP contribution in [0.5, 0.6) is 5.75 Å². The topological polar surface area (TPSA) is 93.1 Å². The number of fused-ring (bicyclic) bond motifs is 1. The van der Waals surface area contributed by atoms with E-state index < -0.39 is 12.0 Å². The molecule has 0 saturated heterocycles. The maximum atomic E-state index is 13.6. The Labute approximate surface area is 237 Å². The third-order valence-corrected chi connectivity index (χ3v) is 7.53. The Morgan fingerprint density at radius 1 is 1.02 bits per heavy atom. The molecule has 1 atom stereocenters. The molecule has 204 valence electrons. The van der Waals surface area contributed by atoms with Crippen molar-refractivity contribution in [2.45, 2.75) is 32.4 Å². The van der Waals surface area contributed by atoms with Gasteiger partial charge < -0.3 is 19.7 Å². The van der Waals surface area contributed by atoms with Gasteiger partial charge in [0.15, 0.2) is 5.17 Å². The van der Waals surface area contributed by atoms with Crippen molar-refractivity contribution in [1.82, 2.24) is 15.2 Å². The highest BCUT2D eigenvalue weighted by molar-refractivity contribution is 8.16. The van der Waals surface area contributed by atoms with Crippen molar-refractivity contribution in [3.8, 4) is 5.75 Å². The summed E-state index contributed by atoms with van der Waals surface area (Å²) < 4.78 is 11.5. The smallest absolute Gasteiger partial charge is 0.338 e. The molecule has 0 spiro atoms. The molecule has 0 aliphatic carbocycles. The summed E-state index contributed by atoms with van der Waals surface area (Å²) in [5, 5.41) is 5.61. The van der Waals surface area contributed by atoms with Crippen molar-refractivity contribution >= 4 is 28.8 Å². The molecule has 8 nitrogen and oxygen atoms in total. The molecule has 1 aromatic heterocycles. The van der Waals surface area contributed by atoms with Crippen LogP contribution in [0.25, 0.3) is 0 Å². The Morgan fingerprint density at radius 3 is 2.58 bits per heavy atom. The molecule has 2 aromatic carbocycles. The van der Waals surface area contributed by atoms with Gasteiger partial charge in [0.25, 0.3) is 0 Å². The number of carbonyl (C=O) groups is 2. The van der Waals surface area contributed by atoms with Crippen LogP contribution in [0.2, 0.25) is 0 Å². The molecule has 5 rings (SSSR count). The van der Waals surface area contributed by atoms with Crippen LogP contribution in [0, 0.1) is 0 Å². The average molecular weight is 555 g/mol. The van der Waals surface area contributed by atoms with Crippen LogP contribution in [0.1, 0.15) is 36.2 Å². The number of methoxy groups -OCH3 is 1. The molecule has 9 heteroatoms. The normalized spacial score (nSPS) is 16.1. The minimum absolute atomic E-state index is 0.123. The second-order valence-electron chi connectivity index (χ2n) is 9.29. The van der Waals surface area contributed by atoms with Crippen molar-refractivity contribution in [3.05, 3.63) is 118 Å². The van der Waals surface area contributed by atoms with Gasteiger partial charge in [-0.1, -0.05) is 66.4 Å². The number of amidine groups is 1. The quantitative estimate of drug-likeness (QED) is 0.346. The molecule has 2 aliphatic heterocycles. The number of pyridine rings is 1. The summed E-state index contributed by atoms with van der Waals surface area (Å²) >= 11 is 1.43. The first-order chi connectivity index (χ1) is 19.5. The third-order valence-electron chi connectivity index (χ3n) is 6.64. The zero-order valence-corrected chi connectivity index (χ0v) is 23.2. The lowest BCUT2D eigenvalue weighted by molar-refractivity contribution is -0.141. The molecule has 3 heterocycles. The molecule has 1 amide bonds. The lowest BCUT2D eigenvalue weighted by atomic mass is 9.93. The zero-order chi connectivity index (χ0) is 27.9. The van der Waals surface area contributed by atoms with Gasteiger partial charge in [0.05, 0.1) is 30.8 Å². The largest absolute Gasteiger partial charge is 0.496 e. The van der Waals surface area contributed by atoms with Gasteiger partial charge in [0.2, 0.25) is 5.91 Å². The number of ether oxygens (including phenoxy) is 2. The molecular weight excluding hydrogens is 524 g/mol. The number of allylic oxidation sites excluding steroid dienone is 1. The number of aliphatic imine (C=N–C) groups is 1. The highest BCUT2D eigenvalue weighted by atomic mass is 32.2. The van der Waals surface area contributed by atoms with E-state index in [4.69, 9.17) is 14.5 Å². The van der Waals surface area contributed by atoms with E-state index in [1.54, 1.807) is 13.3 Å². The van der Waals surface area contributed by atoms with Gasteiger partial charge in [-0.2, -0.15) is 0 Å². The number of esters is 1. The summed E-state index contributed by atoms with van der Waals surface area (Å²) in [4.78, 5) is 37.6. The maximum absolute atomic E-state index is 13.6. The SMILES string of the molecule is COc1ccccc1C1C(C(=O)OCc2ccccc2)=C(C)N=C2SC=C(CC(=O)NCCc3ccccn3)N21. The van der Waals surface area contributed by atoms with Crippen LogP contribution in [-0.2, 0) is 27.4 Å². The summed E-state index contributed by atoms with van der Waals surface area (Å²) in [5.74, 6) is 0.0457. The summed E-state index contributed by atoms with van der Waals surface area (Å²) in [6.45, 7) is 2.43. The minimum atomic E-state index is -0.575. The summed E-state index contributed by atoms with van der Waals surface area (Å²) in [5.41, 5.74) is 4.32. The summed E-state index contributed by atoms with van der Waals surface area (Å²) in [6, 6.07) is 22.3. The van der Waals surface area contributed by atoms with Gasteiger partial charge in [-0.15, -0.1) is 0 Å². The second-order valence-corrected chi connectivity index (χ2v) is 10.1. The predicted octanol–water partition coefficient (Wildman–Crippen LogP) is 5.16. The van der Waals surface area contributed by atoms with Crippen molar-refractivity contribution < 1.29 is 19.1 Å². The second kappa shape index (κ2) is 12.7. The highest BCUT2D eigenvalue weighted by Gasteiger charge is 2.42. The Bertz CT molecular complexity index is 1470. The van der Waals surface area contributed by atoms with Crippen LogP contribution < -0.4 is 10.1 Å². The summed E-state index contributed by atoms with van der Waals surface area (Å²) in [6.07, 6.45) is 2.51. The molecule has 0 saturated carbocycles. The number of carbonyl (C=O) groups excluding carboxylic acids is 2. The Balaban J connectivity index is 1.39. The molecule has 0 fully saturated rings. The number of benzene rings is 2. The highest BCUT2D eigenvalue weighted by Crippen LogP contribution is 2.46. The molecule has 1 N–H and O–H groups in total. The maximum Gasteiger partial charge on any atom is 0.338 e.